The van der Waals surface area contributed by atoms with Gasteiger partial charge in [-0.25, -0.2) is 4.98 Å². The first-order valence-electron chi connectivity index (χ1n) is 11.9. The smallest absolute Gasteiger partial charge is 0.251 e. The van der Waals surface area contributed by atoms with E-state index in [1.54, 1.807) is 42.7 Å². The van der Waals surface area contributed by atoms with Gasteiger partial charge in [-0.05, 0) is 55.2 Å². The normalized spacial score (nSPS) is 15.2. The number of likely N-dealkylation sites (N-methyl/N-ethyl adjacent to an activating group) is 1. The second kappa shape index (κ2) is 10.5. The van der Waals surface area contributed by atoms with Gasteiger partial charge in [0.25, 0.3) is 5.91 Å². The highest BCUT2D eigenvalue weighted by Crippen LogP contribution is 2.37. The van der Waals surface area contributed by atoms with Crippen LogP contribution in [-0.2, 0) is 11.3 Å². The van der Waals surface area contributed by atoms with Gasteiger partial charge in [0.15, 0.2) is 0 Å². The van der Waals surface area contributed by atoms with Gasteiger partial charge in [0.2, 0.25) is 5.91 Å². The molecular weight excluding hydrogens is 440 g/mol. The summed E-state index contributed by atoms with van der Waals surface area (Å²) in [6.07, 6.45) is 6.17. The standard InChI is InChI=1S/C27H32N6O2/c1-18(2)11-13-33-19(3)27(35)32(4)24-17-29-25(14-23(24)33)31-22-9-7-21(8-10-22)26(34)30-16-20-6-5-12-28-15-20/h5-10,12,14-15,17-19H,11,13,16H2,1-4H3,(H,29,31)(H,30,34). The maximum absolute atomic E-state index is 12.7. The topological polar surface area (TPSA) is 90.5 Å². The third-order valence-electron chi connectivity index (χ3n) is 6.23. The molecule has 8 nitrogen and oxygen atoms in total. The molecule has 35 heavy (non-hydrogen) atoms. The first-order valence-corrected chi connectivity index (χ1v) is 11.9. The second-order valence-electron chi connectivity index (χ2n) is 9.25. The molecule has 1 aliphatic rings. The number of carbonyl (C=O) groups is 2. The minimum atomic E-state index is -0.231. The van der Waals surface area contributed by atoms with Crippen LogP contribution in [0.1, 0.15) is 43.1 Å². The van der Waals surface area contributed by atoms with E-state index >= 15 is 0 Å². The van der Waals surface area contributed by atoms with E-state index in [4.69, 9.17) is 0 Å². The van der Waals surface area contributed by atoms with Crippen molar-refractivity contribution < 1.29 is 9.59 Å². The van der Waals surface area contributed by atoms with Crippen molar-refractivity contribution in [3.05, 3.63) is 72.2 Å². The predicted octanol–water partition coefficient (Wildman–Crippen LogP) is 4.37. The quantitative estimate of drug-likeness (QED) is 0.506. The molecule has 2 aromatic heterocycles. The van der Waals surface area contributed by atoms with Crippen LogP contribution in [0.4, 0.5) is 22.9 Å². The Hall–Kier alpha value is -3.94. The lowest BCUT2D eigenvalue weighted by atomic mass is 10.1. The van der Waals surface area contributed by atoms with Gasteiger partial charge >= 0.3 is 0 Å². The van der Waals surface area contributed by atoms with Crippen molar-refractivity contribution in [3.63, 3.8) is 0 Å². The highest BCUT2D eigenvalue weighted by Gasteiger charge is 2.33. The van der Waals surface area contributed by atoms with E-state index < -0.39 is 0 Å². The Balaban J connectivity index is 1.46. The number of pyridine rings is 2. The van der Waals surface area contributed by atoms with Gasteiger partial charge in [0.1, 0.15) is 11.9 Å². The van der Waals surface area contributed by atoms with Crippen LogP contribution in [0.5, 0.6) is 0 Å². The molecule has 1 unspecified atom stereocenters. The van der Waals surface area contributed by atoms with Gasteiger partial charge in [0, 0.05) is 49.8 Å². The van der Waals surface area contributed by atoms with Crippen LogP contribution in [0.15, 0.2) is 61.1 Å². The Labute approximate surface area is 206 Å². The molecule has 1 aliphatic heterocycles. The molecule has 0 aliphatic carbocycles. The summed E-state index contributed by atoms with van der Waals surface area (Å²) >= 11 is 0. The summed E-state index contributed by atoms with van der Waals surface area (Å²) in [6, 6.07) is 12.8. The second-order valence-corrected chi connectivity index (χ2v) is 9.25. The van der Waals surface area contributed by atoms with Gasteiger partial charge in [-0.1, -0.05) is 19.9 Å². The fraction of sp³-hybridized carbons (Fsp3) is 0.333. The van der Waals surface area contributed by atoms with Crippen LogP contribution >= 0.6 is 0 Å². The van der Waals surface area contributed by atoms with E-state index in [2.05, 4.69) is 39.3 Å². The van der Waals surface area contributed by atoms with Gasteiger partial charge in [-0.3, -0.25) is 14.6 Å². The van der Waals surface area contributed by atoms with E-state index in [9.17, 15) is 9.59 Å². The number of nitrogens with one attached hydrogen (secondary N) is 2. The summed E-state index contributed by atoms with van der Waals surface area (Å²) in [5, 5.41) is 6.23. The Morgan fingerprint density at radius 2 is 1.89 bits per heavy atom. The van der Waals surface area contributed by atoms with E-state index in [0.717, 1.165) is 35.6 Å². The van der Waals surface area contributed by atoms with Crippen molar-refractivity contribution in [2.45, 2.75) is 39.8 Å². The lowest BCUT2D eigenvalue weighted by molar-refractivity contribution is -0.119. The summed E-state index contributed by atoms with van der Waals surface area (Å²) in [7, 11) is 1.80. The molecule has 2 N–H and O–H groups in total. The molecule has 0 saturated heterocycles. The summed E-state index contributed by atoms with van der Waals surface area (Å²) < 4.78 is 0. The highest BCUT2D eigenvalue weighted by atomic mass is 16.2. The van der Waals surface area contributed by atoms with Crippen molar-refractivity contribution in [1.29, 1.82) is 0 Å². The Kier molecular flexibility index (Phi) is 7.29. The molecule has 1 atom stereocenters. The fourth-order valence-corrected chi connectivity index (χ4v) is 4.09. The van der Waals surface area contributed by atoms with Crippen LogP contribution in [0.2, 0.25) is 0 Å². The van der Waals surface area contributed by atoms with Crippen LogP contribution in [0, 0.1) is 5.92 Å². The average molecular weight is 473 g/mol. The number of nitrogens with zero attached hydrogens (tertiary/aromatic N) is 4. The first kappa shape index (κ1) is 24.2. The van der Waals surface area contributed by atoms with E-state index in [1.807, 2.05) is 37.3 Å². The van der Waals surface area contributed by atoms with E-state index in [-0.39, 0.29) is 17.9 Å². The molecule has 2 amide bonds. The Bertz CT molecular complexity index is 1180. The summed E-state index contributed by atoms with van der Waals surface area (Å²) in [6.45, 7) is 7.55. The van der Waals surface area contributed by atoms with E-state index in [0.29, 0.717) is 23.8 Å². The van der Waals surface area contributed by atoms with Crippen LogP contribution in [0.25, 0.3) is 0 Å². The van der Waals surface area contributed by atoms with Crippen LogP contribution < -0.4 is 20.4 Å². The Morgan fingerprint density at radius 3 is 2.57 bits per heavy atom. The lowest BCUT2D eigenvalue weighted by Gasteiger charge is -2.40. The number of rotatable bonds is 8. The summed E-state index contributed by atoms with van der Waals surface area (Å²) in [5.41, 5.74) is 4.14. The fourth-order valence-electron chi connectivity index (χ4n) is 4.09. The average Bonchev–Trinajstić information content (AvgIpc) is 2.87. The number of hydrogen-bond donors (Lipinski definition) is 2. The van der Waals surface area contributed by atoms with E-state index in [1.165, 1.54) is 0 Å². The zero-order valence-corrected chi connectivity index (χ0v) is 20.7. The molecule has 3 heterocycles. The minimum Gasteiger partial charge on any atom is -0.358 e. The van der Waals surface area contributed by atoms with Crippen molar-refractivity contribution in [2.24, 2.45) is 5.92 Å². The monoisotopic (exact) mass is 472 g/mol. The lowest BCUT2D eigenvalue weighted by Crippen LogP contribution is -2.51. The molecule has 0 radical (unpaired) electrons. The number of carbonyl (C=O) groups excluding carboxylic acids is 2. The number of fused-ring (bicyclic) bond motifs is 1. The molecule has 0 bridgehead atoms. The molecule has 8 heteroatoms. The third kappa shape index (κ3) is 5.59. The molecule has 0 spiro atoms. The molecule has 0 fully saturated rings. The van der Waals surface area contributed by atoms with Crippen LogP contribution in [-0.4, -0.2) is 41.4 Å². The molecule has 3 aromatic rings. The number of amides is 2. The summed E-state index contributed by atoms with van der Waals surface area (Å²) in [5.74, 6) is 1.15. The number of benzene rings is 1. The molecule has 4 rings (SSSR count). The molecule has 0 saturated carbocycles. The van der Waals surface area contributed by atoms with Gasteiger partial charge < -0.3 is 20.4 Å². The molecular formula is C27H32N6O2. The SMILES string of the molecule is CC(C)CCN1c2cc(Nc3ccc(C(=O)NCc4cccnc4)cc3)ncc2N(C)C(=O)C1C. The zero-order valence-electron chi connectivity index (χ0n) is 20.7. The number of hydrogen-bond acceptors (Lipinski definition) is 6. The molecule has 1 aromatic carbocycles. The van der Waals surface area contributed by atoms with Crippen molar-refractivity contribution in [2.75, 3.05) is 28.7 Å². The van der Waals surface area contributed by atoms with Gasteiger partial charge in [-0.2, -0.15) is 0 Å². The maximum atomic E-state index is 12.7. The summed E-state index contributed by atoms with van der Waals surface area (Å²) in [4.78, 5) is 37.7. The highest BCUT2D eigenvalue weighted by molar-refractivity contribution is 6.05. The molecule has 182 valence electrons. The third-order valence-corrected chi connectivity index (χ3v) is 6.23. The van der Waals surface area contributed by atoms with Crippen LogP contribution in [0.3, 0.4) is 0 Å². The van der Waals surface area contributed by atoms with Crippen molar-refractivity contribution in [1.82, 2.24) is 15.3 Å². The maximum Gasteiger partial charge on any atom is 0.251 e. The number of aromatic nitrogens is 2. The first-order chi connectivity index (χ1) is 16.8. The van der Waals surface area contributed by atoms with Crippen molar-refractivity contribution >= 4 is 34.7 Å². The predicted molar refractivity (Wildman–Crippen MR) is 139 cm³/mol. The van der Waals surface area contributed by atoms with Gasteiger partial charge in [0.05, 0.1) is 17.6 Å². The zero-order chi connectivity index (χ0) is 24.9. The minimum absolute atomic E-state index is 0.0705. The Morgan fingerprint density at radius 1 is 1.11 bits per heavy atom. The number of anilines is 4. The van der Waals surface area contributed by atoms with Crippen molar-refractivity contribution in [3.8, 4) is 0 Å². The largest absolute Gasteiger partial charge is 0.358 e. The van der Waals surface area contributed by atoms with Gasteiger partial charge in [-0.15, -0.1) is 0 Å².